The van der Waals surface area contributed by atoms with Crippen molar-refractivity contribution in [2.24, 2.45) is 11.3 Å². The summed E-state index contributed by atoms with van der Waals surface area (Å²) in [7, 11) is 3.50. The van der Waals surface area contributed by atoms with Crippen molar-refractivity contribution in [1.82, 2.24) is 0 Å². The predicted octanol–water partition coefficient (Wildman–Crippen LogP) is 2.33. The van der Waals surface area contributed by atoms with Gasteiger partial charge in [0.05, 0.1) is 12.7 Å². The van der Waals surface area contributed by atoms with Gasteiger partial charge in [-0.15, -0.1) is 0 Å². The highest BCUT2D eigenvalue weighted by molar-refractivity contribution is 4.80. The molecule has 0 saturated carbocycles. The first-order valence-corrected chi connectivity index (χ1v) is 4.47. The molecule has 0 aliphatic rings. The second-order valence-corrected chi connectivity index (χ2v) is 4.32. The van der Waals surface area contributed by atoms with Crippen molar-refractivity contribution in [2.45, 2.75) is 33.8 Å². The molecule has 0 rings (SSSR count). The van der Waals surface area contributed by atoms with E-state index in [1.165, 1.54) is 0 Å². The van der Waals surface area contributed by atoms with Crippen molar-refractivity contribution in [3.05, 3.63) is 0 Å². The van der Waals surface area contributed by atoms with Crippen molar-refractivity contribution in [1.29, 1.82) is 0 Å². The summed E-state index contributed by atoms with van der Waals surface area (Å²) in [4.78, 5) is 0. The van der Waals surface area contributed by atoms with Crippen molar-refractivity contribution in [2.75, 3.05) is 20.8 Å². The van der Waals surface area contributed by atoms with Crippen LogP contribution < -0.4 is 0 Å². The van der Waals surface area contributed by atoms with Crippen LogP contribution in [0.15, 0.2) is 0 Å². The zero-order valence-corrected chi connectivity index (χ0v) is 9.18. The van der Waals surface area contributed by atoms with E-state index in [4.69, 9.17) is 9.47 Å². The molecule has 0 unspecified atom stereocenters. The van der Waals surface area contributed by atoms with Crippen LogP contribution in [0, 0.1) is 11.3 Å². The maximum Gasteiger partial charge on any atom is 0.0667 e. The van der Waals surface area contributed by atoms with E-state index in [1.54, 1.807) is 14.2 Å². The molecule has 0 amide bonds. The number of hydrogen-bond acceptors (Lipinski definition) is 2. The second kappa shape index (κ2) is 4.83. The van der Waals surface area contributed by atoms with Crippen LogP contribution in [0.2, 0.25) is 0 Å². The first kappa shape index (κ1) is 11.9. The molecule has 12 heavy (non-hydrogen) atoms. The summed E-state index contributed by atoms with van der Waals surface area (Å²) >= 11 is 0. The Morgan fingerprint density at radius 1 is 1.17 bits per heavy atom. The Kier molecular flexibility index (Phi) is 4.80. The lowest BCUT2D eigenvalue weighted by Crippen LogP contribution is -2.38. The molecular weight excluding hydrogens is 152 g/mol. The van der Waals surface area contributed by atoms with Gasteiger partial charge < -0.3 is 9.47 Å². The molecule has 1 atom stereocenters. The molecule has 0 radical (unpaired) electrons. The highest BCUT2D eigenvalue weighted by Crippen LogP contribution is 2.28. The Balaban J connectivity index is 4.25. The first-order valence-electron chi connectivity index (χ1n) is 4.47. The summed E-state index contributed by atoms with van der Waals surface area (Å²) in [5.74, 6) is 0.528. The Morgan fingerprint density at radius 2 is 1.67 bits per heavy atom. The van der Waals surface area contributed by atoms with Crippen LogP contribution in [0.5, 0.6) is 0 Å². The standard InChI is InChI=1S/C10H22O2/c1-8(2)9(12-6)10(3,4)7-11-5/h8-9H,7H2,1-6H3/t9-/m1/s1. The third-order valence-corrected chi connectivity index (χ3v) is 2.15. The van der Waals surface area contributed by atoms with Crippen LogP contribution in [-0.4, -0.2) is 26.9 Å². The van der Waals surface area contributed by atoms with Gasteiger partial charge in [-0.2, -0.15) is 0 Å². The topological polar surface area (TPSA) is 18.5 Å². The van der Waals surface area contributed by atoms with Crippen LogP contribution >= 0.6 is 0 Å². The number of ether oxygens (including phenoxy) is 2. The van der Waals surface area contributed by atoms with Crippen molar-refractivity contribution < 1.29 is 9.47 Å². The van der Waals surface area contributed by atoms with E-state index in [9.17, 15) is 0 Å². The number of rotatable bonds is 5. The molecule has 0 N–H and O–H groups in total. The molecule has 74 valence electrons. The van der Waals surface area contributed by atoms with Crippen LogP contribution in [0.25, 0.3) is 0 Å². The summed E-state index contributed by atoms with van der Waals surface area (Å²) in [6.07, 6.45) is 0.262. The Morgan fingerprint density at radius 3 is 1.92 bits per heavy atom. The molecule has 0 aliphatic heterocycles. The lowest BCUT2D eigenvalue weighted by molar-refractivity contribution is -0.0585. The Hall–Kier alpha value is -0.0800. The van der Waals surface area contributed by atoms with Gasteiger partial charge in [-0.1, -0.05) is 27.7 Å². The minimum Gasteiger partial charge on any atom is -0.384 e. The molecule has 0 aromatic heterocycles. The largest absolute Gasteiger partial charge is 0.384 e. The first-order chi connectivity index (χ1) is 5.45. The molecule has 2 heteroatoms. The molecule has 0 bridgehead atoms. The van der Waals surface area contributed by atoms with E-state index >= 15 is 0 Å². The van der Waals surface area contributed by atoms with Crippen molar-refractivity contribution in [3.63, 3.8) is 0 Å². The van der Waals surface area contributed by atoms with Gasteiger partial charge in [-0.05, 0) is 5.92 Å². The predicted molar refractivity (Wildman–Crippen MR) is 51.3 cm³/mol. The van der Waals surface area contributed by atoms with E-state index in [0.717, 1.165) is 6.61 Å². The normalized spacial score (nSPS) is 15.2. The fourth-order valence-corrected chi connectivity index (χ4v) is 1.95. The number of methoxy groups -OCH3 is 2. The minimum absolute atomic E-state index is 0.0949. The van der Waals surface area contributed by atoms with Crippen LogP contribution in [0.3, 0.4) is 0 Å². The van der Waals surface area contributed by atoms with E-state index in [2.05, 4.69) is 27.7 Å². The quantitative estimate of drug-likeness (QED) is 0.637. The Bertz CT molecular complexity index is 119. The average Bonchev–Trinajstić information content (AvgIpc) is 1.86. The lowest BCUT2D eigenvalue weighted by Gasteiger charge is -2.35. The second-order valence-electron chi connectivity index (χ2n) is 4.32. The maximum atomic E-state index is 5.45. The van der Waals surface area contributed by atoms with Crippen LogP contribution in [0.1, 0.15) is 27.7 Å². The molecule has 0 aliphatic carbocycles. The Labute approximate surface area is 76.3 Å². The summed E-state index contributed by atoms with van der Waals surface area (Å²) < 4.78 is 10.6. The molecule has 2 nitrogen and oxygen atoms in total. The lowest BCUT2D eigenvalue weighted by atomic mass is 9.81. The van der Waals surface area contributed by atoms with E-state index in [1.807, 2.05) is 0 Å². The molecule has 0 spiro atoms. The van der Waals surface area contributed by atoms with E-state index in [-0.39, 0.29) is 11.5 Å². The fourth-order valence-electron chi connectivity index (χ4n) is 1.95. The van der Waals surface area contributed by atoms with E-state index < -0.39 is 0 Å². The number of hydrogen-bond donors (Lipinski definition) is 0. The minimum atomic E-state index is 0.0949. The average molecular weight is 174 g/mol. The maximum absolute atomic E-state index is 5.45. The molecule has 0 heterocycles. The van der Waals surface area contributed by atoms with Gasteiger partial charge in [0.2, 0.25) is 0 Å². The summed E-state index contributed by atoms with van der Waals surface area (Å²) in [6.45, 7) is 9.43. The summed E-state index contributed by atoms with van der Waals surface area (Å²) in [5.41, 5.74) is 0.0949. The fraction of sp³-hybridized carbons (Fsp3) is 1.00. The molecule has 0 aromatic carbocycles. The van der Waals surface area contributed by atoms with Gasteiger partial charge in [0, 0.05) is 19.6 Å². The van der Waals surface area contributed by atoms with Gasteiger partial charge in [-0.25, -0.2) is 0 Å². The molecule has 0 saturated heterocycles. The third kappa shape index (κ3) is 3.11. The zero-order valence-electron chi connectivity index (χ0n) is 9.18. The molecular formula is C10H22O2. The third-order valence-electron chi connectivity index (χ3n) is 2.15. The SMILES string of the molecule is COCC(C)(C)[C@H](OC)C(C)C. The van der Waals surface area contributed by atoms with Crippen molar-refractivity contribution >= 4 is 0 Å². The molecule has 0 aromatic rings. The van der Waals surface area contributed by atoms with E-state index in [0.29, 0.717) is 5.92 Å². The summed E-state index contributed by atoms with van der Waals surface area (Å²) in [6, 6.07) is 0. The van der Waals surface area contributed by atoms with Gasteiger partial charge in [-0.3, -0.25) is 0 Å². The van der Waals surface area contributed by atoms with Crippen LogP contribution in [-0.2, 0) is 9.47 Å². The van der Waals surface area contributed by atoms with Gasteiger partial charge >= 0.3 is 0 Å². The van der Waals surface area contributed by atoms with Gasteiger partial charge in [0.25, 0.3) is 0 Å². The summed E-state index contributed by atoms with van der Waals surface area (Å²) in [5, 5.41) is 0. The zero-order chi connectivity index (χ0) is 9.78. The highest BCUT2D eigenvalue weighted by Gasteiger charge is 2.31. The molecule has 0 fully saturated rings. The van der Waals surface area contributed by atoms with Gasteiger partial charge in [0.1, 0.15) is 0 Å². The van der Waals surface area contributed by atoms with Gasteiger partial charge in [0.15, 0.2) is 0 Å². The monoisotopic (exact) mass is 174 g/mol. The van der Waals surface area contributed by atoms with Crippen molar-refractivity contribution in [3.8, 4) is 0 Å². The van der Waals surface area contributed by atoms with Crippen LogP contribution in [0.4, 0.5) is 0 Å². The highest BCUT2D eigenvalue weighted by atomic mass is 16.5. The smallest absolute Gasteiger partial charge is 0.0667 e.